The zero-order valence-corrected chi connectivity index (χ0v) is 12.5. The average molecular weight is 294 g/mol. The van der Waals surface area contributed by atoms with Crippen LogP contribution in [0.15, 0.2) is 42.8 Å². The summed E-state index contributed by atoms with van der Waals surface area (Å²) >= 11 is 1.64. The standard InChI is InChI=1S/C15H22N2O2S/c1-3-7-16(9-10-18)13-15(19)17(8-4-2)12-14-6-5-11-20-14/h3-6,11,18H,1-2,7-10,12-13H2. The number of carbonyl (C=O) groups excluding carboxylic acids is 1. The summed E-state index contributed by atoms with van der Waals surface area (Å²) in [7, 11) is 0. The van der Waals surface area contributed by atoms with Crippen molar-refractivity contribution in [1.82, 2.24) is 9.80 Å². The summed E-state index contributed by atoms with van der Waals surface area (Å²) in [5.74, 6) is 0.0357. The first-order valence-electron chi connectivity index (χ1n) is 6.56. The van der Waals surface area contributed by atoms with Gasteiger partial charge in [-0.2, -0.15) is 0 Å². The molecule has 20 heavy (non-hydrogen) atoms. The van der Waals surface area contributed by atoms with Crippen LogP contribution < -0.4 is 0 Å². The Bertz CT molecular complexity index is 418. The molecule has 0 aliphatic rings. The molecule has 1 heterocycles. The van der Waals surface area contributed by atoms with Crippen LogP contribution in [-0.4, -0.2) is 53.6 Å². The summed E-state index contributed by atoms with van der Waals surface area (Å²) in [6, 6.07) is 4.00. The van der Waals surface area contributed by atoms with E-state index < -0.39 is 0 Å². The molecule has 0 fully saturated rings. The minimum absolute atomic E-state index is 0.0352. The van der Waals surface area contributed by atoms with Crippen molar-refractivity contribution in [2.45, 2.75) is 6.54 Å². The molecule has 0 aliphatic heterocycles. The largest absolute Gasteiger partial charge is 0.395 e. The topological polar surface area (TPSA) is 43.8 Å². The molecule has 0 bridgehead atoms. The van der Waals surface area contributed by atoms with Crippen LogP contribution in [0.5, 0.6) is 0 Å². The van der Waals surface area contributed by atoms with Crippen LogP contribution in [0.3, 0.4) is 0 Å². The van der Waals surface area contributed by atoms with Crippen LogP contribution in [0, 0.1) is 0 Å². The average Bonchev–Trinajstić information content (AvgIpc) is 2.91. The van der Waals surface area contributed by atoms with Crippen LogP contribution in [-0.2, 0) is 11.3 Å². The SMILES string of the molecule is C=CCN(CCO)CC(=O)N(CC=C)Cc1cccs1. The van der Waals surface area contributed by atoms with Crippen molar-refractivity contribution in [3.05, 3.63) is 47.7 Å². The number of carbonyl (C=O) groups is 1. The molecule has 0 spiro atoms. The second-order valence-corrected chi connectivity index (χ2v) is 5.42. The summed E-state index contributed by atoms with van der Waals surface area (Å²) in [6.07, 6.45) is 3.47. The van der Waals surface area contributed by atoms with Gasteiger partial charge in [0.1, 0.15) is 0 Å². The fourth-order valence-electron chi connectivity index (χ4n) is 1.85. The Kier molecular flexibility index (Phi) is 7.87. The summed E-state index contributed by atoms with van der Waals surface area (Å²) in [6.45, 7) is 9.88. The number of aliphatic hydroxyl groups excluding tert-OH is 1. The van der Waals surface area contributed by atoms with E-state index in [0.717, 1.165) is 4.88 Å². The Morgan fingerprint density at radius 1 is 1.35 bits per heavy atom. The lowest BCUT2D eigenvalue weighted by Crippen LogP contribution is -2.41. The number of aliphatic hydroxyl groups is 1. The zero-order chi connectivity index (χ0) is 14.8. The van der Waals surface area contributed by atoms with Crippen LogP contribution in [0.2, 0.25) is 0 Å². The van der Waals surface area contributed by atoms with Crippen molar-refractivity contribution < 1.29 is 9.90 Å². The molecule has 0 saturated heterocycles. The minimum atomic E-state index is 0.0352. The van der Waals surface area contributed by atoms with E-state index in [9.17, 15) is 4.79 Å². The summed E-state index contributed by atoms with van der Waals surface area (Å²) in [5.41, 5.74) is 0. The fraction of sp³-hybridized carbons (Fsp3) is 0.400. The van der Waals surface area contributed by atoms with E-state index in [1.165, 1.54) is 0 Å². The Morgan fingerprint density at radius 2 is 2.10 bits per heavy atom. The third-order valence-corrected chi connectivity index (χ3v) is 3.65. The Labute approximate surface area is 124 Å². The Balaban J connectivity index is 2.62. The van der Waals surface area contributed by atoms with Gasteiger partial charge in [-0.25, -0.2) is 0 Å². The van der Waals surface area contributed by atoms with E-state index in [1.54, 1.807) is 28.4 Å². The molecule has 0 saturated carbocycles. The first-order chi connectivity index (χ1) is 9.71. The number of rotatable bonds is 10. The number of nitrogens with zero attached hydrogens (tertiary/aromatic N) is 2. The van der Waals surface area contributed by atoms with E-state index >= 15 is 0 Å². The van der Waals surface area contributed by atoms with Crippen molar-refractivity contribution in [2.75, 3.05) is 32.8 Å². The minimum Gasteiger partial charge on any atom is -0.395 e. The molecule has 1 N–H and O–H groups in total. The zero-order valence-electron chi connectivity index (χ0n) is 11.7. The molecule has 1 aromatic heterocycles. The smallest absolute Gasteiger partial charge is 0.237 e. The second-order valence-electron chi connectivity index (χ2n) is 4.39. The fourth-order valence-corrected chi connectivity index (χ4v) is 2.57. The molecule has 0 radical (unpaired) electrons. The van der Waals surface area contributed by atoms with E-state index in [2.05, 4.69) is 13.2 Å². The van der Waals surface area contributed by atoms with Crippen LogP contribution in [0.4, 0.5) is 0 Å². The molecule has 0 aromatic carbocycles. The summed E-state index contributed by atoms with van der Waals surface area (Å²) in [4.78, 5) is 17.1. The van der Waals surface area contributed by atoms with Crippen molar-refractivity contribution in [2.24, 2.45) is 0 Å². The lowest BCUT2D eigenvalue weighted by atomic mass is 10.3. The molecule has 1 aromatic rings. The van der Waals surface area contributed by atoms with Gasteiger partial charge in [0.15, 0.2) is 0 Å². The third kappa shape index (κ3) is 5.69. The second kappa shape index (κ2) is 9.47. The molecular formula is C15H22N2O2S. The molecule has 0 unspecified atom stereocenters. The van der Waals surface area contributed by atoms with Gasteiger partial charge in [0.05, 0.1) is 19.7 Å². The van der Waals surface area contributed by atoms with Gasteiger partial charge in [-0.3, -0.25) is 9.69 Å². The highest BCUT2D eigenvalue weighted by atomic mass is 32.1. The summed E-state index contributed by atoms with van der Waals surface area (Å²) in [5, 5.41) is 11.0. The van der Waals surface area contributed by atoms with Gasteiger partial charge < -0.3 is 10.0 Å². The Hall–Kier alpha value is -1.43. The van der Waals surface area contributed by atoms with Gasteiger partial charge in [0, 0.05) is 24.5 Å². The molecule has 4 nitrogen and oxygen atoms in total. The maximum atomic E-state index is 12.3. The maximum absolute atomic E-state index is 12.3. The molecule has 1 amide bonds. The molecular weight excluding hydrogens is 272 g/mol. The van der Waals surface area contributed by atoms with Crippen LogP contribution in [0.1, 0.15) is 4.88 Å². The molecule has 110 valence electrons. The van der Waals surface area contributed by atoms with E-state index in [-0.39, 0.29) is 19.1 Å². The van der Waals surface area contributed by atoms with E-state index in [0.29, 0.717) is 26.2 Å². The van der Waals surface area contributed by atoms with Gasteiger partial charge in [-0.05, 0) is 11.4 Å². The lowest BCUT2D eigenvalue weighted by Gasteiger charge is -2.25. The number of thiophene rings is 1. The predicted octanol–water partition coefficient (Wildman–Crippen LogP) is 1.74. The predicted molar refractivity (Wildman–Crippen MR) is 83.7 cm³/mol. The highest BCUT2D eigenvalue weighted by molar-refractivity contribution is 7.09. The van der Waals surface area contributed by atoms with Gasteiger partial charge in [0.2, 0.25) is 5.91 Å². The van der Waals surface area contributed by atoms with Gasteiger partial charge in [-0.1, -0.05) is 18.2 Å². The first kappa shape index (κ1) is 16.6. The molecule has 0 atom stereocenters. The third-order valence-electron chi connectivity index (χ3n) is 2.79. The quantitative estimate of drug-likeness (QED) is 0.669. The van der Waals surface area contributed by atoms with Gasteiger partial charge in [-0.15, -0.1) is 24.5 Å². The highest BCUT2D eigenvalue weighted by Gasteiger charge is 2.16. The van der Waals surface area contributed by atoms with E-state index in [1.807, 2.05) is 22.4 Å². The highest BCUT2D eigenvalue weighted by Crippen LogP contribution is 2.12. The number of hydrogen-bond acceptors (Lipinski definition) is 4. The van der Waals surface area contributed by atoms with E-state index in [4.69, 9.17) is 5.11 Å². The van der Waals surface area contributed by atoms with Crippen LogP contribution in [0.25, 0.3) is 0 Å². The van der Waals surface area contributed by atoms with Gasteiger partial charge >= 0.3 is 0 Å². The Morgan fingerprint density at radius 3 is 2.65 bits per heavy atom. The summed E-state index contributed by atoms with van der Waals surface area (Å²) < 4.78 is 0. The monoisotopic (exact) mass is 294 g/mol. The van der Waals surface area contributed by atoms with Crippen molar-refractivity contribution in [3.63, 3.8) is 0 Å². The molecule has 0 aliphatic carbocycles. The van der Waals surface area contributed by atoms with Crippen molar-refractivity contribution >= 4 is 17.2 Å². The molecule has 1 rings (SSSR count). The van der Waals surface area contributed by atoms with Gasteiger partial charge in [0.25, 0.3) is 0 Å². The lowest BCUT2D eigenvalue weighted by molar-refractivity contribution is -0.132. The normalized spacial score (nSPS) is 10.5. The maximum Gasteiger partial charge on any atom is 0.237 e. The molecule has 5 heteroatoms. The van der Waals surface area contributed by atoms with Crippen LogP contribution >= 0.6 is 11.3 Å². The number of hydrogen-bond donors (Lipinski definition) is 1. The first-order valence-corrected chi connectivity index (χ1v) is 7.44. The number of amides is 1. The van der Waals surface area contributed by atoms with Crippen molar-refractivity contribution in [1.29, 1.82) is 0 Å². The van der Waals surface area contributed by atoms with Crippen molar-refractivity contribution in [3.8, 4) is 0 Å².